The Bertz CT molecular complexity index is 133. The molecular formula is C9H17N. The molecule has 0 N–H and O–H groups in total. The average molecular weight is 139 g/mol. The molecule has 1 saturated carbocycles. The monoisotopic (exact) mass is 139 g/mol. The van der Waals surface area contributed by atoms with Crippen LogP contribution in [-0.4, -0.2) is 24.0 Å². The van der Waals surface area contributed by atoms with E-state index in [1.807, 2.05) is 0 Å². The van der Waals surface area contributed by atoms with Gasteiger partial charge >= 0.3 is 0 Å². The molecule has 58 valence electrons. The van der Waals surface area contributed by atoms with Crippen molar-refractivity contribution < 1.29 is 0 Å². The third kappa shape index (κ3) is 0.800. The van der Waals surface area contributed by atoms with E-state index in [2.05, 4.69) is 18.7 Å². The van der Waals surface area contributed by atoms with Crippen molar-refractivity contribution in [2.75, 3.05) is 13.1 Å². The molecule has 0 amide bonds. The number of piperidine rings is 1. The van der Waals surface area contributed by atoms with E-state index in [4.69, 9.17) is 0 Å². The van der Waals surface area contributed by atoms with Gasteiger partial charge in [0, 0.05) is 12.6 Å². The zero-order valence-corrected chi connectivity index (χ0v) is 7.01. The van der Waals surface area contributed by atoms with Crippen LogP contribution in [0.4, 0.5) is 0 Å². The van der Waals surface area contributed by atoms with E-state index in [0.29, 0.717) is 0 Å². The third-order valence-corrected chi connectivity index (χ3v) is 3.23. The summed E-state index contributed by atoms with van der Waals surface area (Å²) in [6.45, 7) is 7.28. The highest BCUT2D eigenvalue weighted by Crippen LogP contribution is 2.50. The molecule has 0 bridgehead atoms. The van der Waals surface area contributed by atoms with Crippen molar-refractivity contribution in [2.45, 2.75) is 32.7 Å². The Balaban J connectivity index is 1.98. The second-order valence-corrected chi connectivity index (χ2v) is 3.72. The van der Waals surface area contributed by atoms with E-state index in [9.17, 15) is 0 Å². The Morgan fingerprint density at radius 3 is 2.70 bits per heavy atom. The molecule has 1 aliphatic carbocycles. The number of likely N-dealkylation sites (tertiary alicyclic amines) is 1. The van der Waals surface area contributed by atoms with Crippen LogP contribution in [0, 0.1) is 11.8 Å². The molecule has 3 unspecified atom stereocenters. The zero-order chi connectivity index (χ0) is 7.14. The smallest absolute Gasteiger partial charge is 0.0124 e. The highest BCUT2D eigenvalue weighted by Gasteiger charge is 2.50. The predicted molar refractivity (Wildman–Crippen MR) is 42.9 cm³/mol. The van der Waals surface area contributed by atoms with Gasteiger partial charge in [-0.2, -0.15) is 0 Å². The molecule has 1 saturated heterocycles. The number of hydrogen-bond donors (Lipinski definition) is 0. The normalized spacial score (nSPS) is 45.6. The van der Waals surface area contributed by atoms with Gasteiger partial charge in [0.2, 0.25) is 0 Å². The molecule has 0 aromatic heterocycles. The summed E-state index contributed by atoms with van der Waals surface area (Å²) >= 11 is 0. The molecule has 0 aromatic rings. The largest absolute Gasteiger partial charge is 0.300 e. The van der Waals surface area contributed by atoms with Gasteiger partial charge in [-0.25, -0.2) is 0 Å². The Morgan fingerprint density at radius 1 is 1.40 bits per heavy atom. The van der Waals surface area contributed by atoms with E-state index in [1.165, 1.54) is 25.9 Å². The minimum absolute atomic E-state index is 0.954. The Labute approximate surface area is 63.4 Å². The maximum absolute atomic E-state index is 2.65. The van der Waals surface area contributed by atoms with Crippen LogP contribution in [0.5, 0.6) is 0 Å². The fraction of sp³-hybridized carbons (Fsp3) is 1.00. The number of hydrogen-bond acceptors (Lipinski definition) is 1. The molecular weight excluding hydrogens is 122 g/mol. The first-order chi connectivity index (χ1) is 4.86. The molecule has 0 aromatic carbocycles. The molecule has 0 radical (unpaired) electrons. The van der Waals surface area contributed by atoms with E-state index < -0.39 is 0 Å². The number of nitrogens with zero attached hydrogens (tertiary/aromatic N) is 1. The van der Waals surface area contributed by atoms with Gasteiger partial charge < -0.3 is 4.90 Å². The lowest BCUT2D eigenvalue weighted by Crippen LogP contribution is -2.32. The molecule has 2 fully saturated rings. The second-order valence-electron chi connectivity index (χ2n) is 3.72. The summed E-state index contributed by atoms with van der Waals surface area (Å²) in [5.41, 5.74) is 0. The Kier molecular flexibility index (Phi) is 1.48. The van der Waals surface area contributed by atoms with Gasteiger partial charge in [0.15, 0.2) is 0 Å². The fourth-order valence-corrected chi connectivity index (χ4v) is 2.58. The summed E-state index contributed by atoms with van der Waals surface area (Å²) in [6.07, 6.45) is 2.91. The van der Waals surface area contributed by atoms with E-state index in [-0.39, 0.29) is 0 Å². The first-order valence-corrected chi connectivity index (χ1v) is 4.60. The van der Waals surface area contributed by atoms with Crippen LogP contribution in [0.3, 0.4) is 0 Å². The SMILES string of the molecule is CCC1C2CC2CN1CC. The van der Waals surface area contributed by atoms with Crippen LogP contribution in [0.2, 0.25) is 0 Å². The van der Waals surface area contributed by atoms with Gasteiger partial charge in [0.05, 0.1) is 0 Å². The van der Waals surface area contributed by atoms with Gasteiger partial charge in [-0.3, -0.25) is 0 Å². The van der Waals surface area contributed by atoms with Crippen LogP contribution in [0.1, 0.15) is 26.7 Å². The summed E-state index contributed by atoms with van der Waals surface area (Å²) in [6, 6.07) is 0.954. The van der Waals surface area contributed by atoms with E-state index >= 15 is 0 Å². The van der Waals surface area contributed by atoms with Gasteiger partial charge in [-0.1, -0.05) is 13.8 Å². The fourth-order valence-electron chi connectivity index (χ4n) is 2.58. The highest BCUT2D eigenvalue weighted by atomic mass is 15.2. The van der Waals surface area contributed by atoms with Crippen molar-refractivity contribution in [2.24, 2.45) is 11.8 Å². The van der Waals surface area contributed by atoms with E-state index in [1.54, 1.807) is 0 Å². The van der Waals surface area contributed by atoms with Crippen molar-refractivity contribution in [3.05, 3.63) is 0 Å². The summed E-state index contributed by atoms with van der Waals surface area (Å²) in [4.78, 5) is 2.65. The molecule has 3 atom stereocenters. The summed E-state index contributed by atoms with van der Waals surface area (Å²) < 4.78 is 0. The quantitative estimate of drug-likeness (QED) is 0.563. The van der Waals surface area contributed by atoms with Crippen molar-refractivity contribution >= 4 is 0 Å². The number of rotatable bonds is 2. The molecule has 2 aliphatic rings. The molecule has 1 aliphatic heterocycles. The van der Waals surface area contributed by atoms with Crippen molar-refractivity contribution in [1.29, 1.82) is 0 Å². The minimum Gasteiger partial charge on any atom is -0.300 e. The second kappa shape index (κ2) is 2.23. The molecule has 1 heterocycles. The van der Waals surface area contributed by atoms with Crippen molar-refractivity contribution in [1.82, 2.24) is 4.90 Å². The maximum Gasteiger partial charge on any atom is 0.0124 e. The van der Waals surface area contributed by atoms with Crippen molar-refractivity contribution in [3.8, 4) is 0 Å². The summed E-state index contributed by atoms with van der Waals surface area (Å²) in [5, 5.41) is 0. The van der Waals surface area contributed by atoms with Crippen LogP contribution < -0.4 is 0 Å². The number of fused-ring (bicyclic) bond motifs is 1. The standard InChI is InChI=1S/C9H17N/c1-3-9-8-5-7(8)6-10(9)4-2/h7-9H,3-6H2,1-2H3. The topological polar surface area (TPSA) is 3.24 Å². The molecule has 10 heavy (non-hydrogen) atoms. The maximum atomic E-state index is 2.65. The molecule has 0 spiro atoms. The predicted octanol–water partition coefficient (Wildman–Crippen LogP) is 1.74. The minimum atomic E-state index is 0.954. The molecule has 1 nitrogen and oxygen atoms in total. The third-order valence-electron chi connectivity index (χ3n) is 3.23. The Hall–Kier alpha value is -0.0400. The summed E-state index contributed by atoms with van der Waals surface area (Å²) in [7, 11) is 0. The van der Waals surface area contributed by atoms with Crippen LogP contribution >= 0.6 is 0 Å². The van der Waals surface area contributed by atoms with Crippen LogP contribution in [0.15, 0.2) is 0 Å². The van der Waals surface area contributed by atoms with E-state index in [0.717, 1.165) is 17.9 Å². The van der Waals surface area contributed by atoms with Gasteiger partial charge in [0.25, 0.3) is 0 Å². The lowest BCUT2D eigenvalue weighted by atomic mass is 10.1. The van der Waals surface area contributed by atoms with Gasteiger partial charge in [0.1, 0.15) is 0 Å². The highest BCUT2D eigenvalue weighted by molar-refractivity contribution is 5.03. The van der Waals surface area contributed by atoms with Crippen LogP contribution in [0.25, 0.3) is 0 Å². The lowest BCUT2D eigenvalue weighted by Gasteiger charge is -2.24. The average Bonchev–Trinajstić information content (AvgIpc) is 2.63. The lowest BCUT2D eigenvalue weighted by molar-refractivity contribution is 0.225. The summed E-state index contributed by atoms with van der Waals surface area (Å²) in [5.74, 6) is 2.20. The van der Waals surface area contributed by atoms with Gasteiger partial charge in [-0.15, -0.1) is 0 Å². The molecule has 2 rings (SSSR count). The van der Waals surface area contributed by atoms with Gasteiger partial charge in [-0.05, 0) is 31.2 Å². The van der Waals surface area contributed by atoms with Crippen molar-refractivity contribution in [3.63, 3.8) is 0 Å². The first-order valence-electron chi connectivity index (χ1n) is 4.60. The first kappa shape index (κ1) is 6.66. The Morgan fingerprint density at radius 2 is 2.20 bits per heavy atom. The van der Waals surface area contributed by atoms with Crippen LogP contribution in [-0.2, 0) is 0 Å². The molecule has 1 heteroatoms. The zero-order valence-electron chi connectivity index (χ0n) is 7.01.